The zero-order chi connectivity index (χ0) is 19.9. The minimum atomic E-state index is -0.461. The van der Waals surface area contributed by atoms with Gasteiger partial charge in [-0.3, -0.25) is 0 Å². The second-order valence-corrected chi connectivity index (χ2v) is 7.14. The van der Waals surface area contributed by atoms with Gasteiger partial charge >= 0.3 is 5.97 Å². The van der Waals surface area contributed by atoms with Crippen LogP contribution in [0.2, 0.25) is 0 Å². The molecule has 0 unspecified atom stereocenters. The molecule has 0 saturated carbocycles. The Labute approximate surface area is 166 Å². The maximum atomic E-state index is 12.9. The SMILES string of the molecule is Cc1ccc(OCC(=O)OCc2csc(COc3ccc(F)cc3)n2)c(C)c1. The van der Waals surface area contributed by atoms with Crippen LogP contribution < -0.4 is 9.47 Å². The third-order valence-corrected chi connectivity index (χ3v) is 4.70. The number of aromatic nitrogens is 1. The number of benzene rings is 2. The molecule has 0 N–H and O–H groups in total. The summed E-state index contributed by atoms with van der Waals surface area (Å²) in [4.78, 5) is 16.2. The molecule has 0 aliphatic heterocycles. The van der Waals surface area contributed by atoms with E-state index in [4.69, 9.17) is 14.2 Å². The second kappa shape index (κ2) is 9.32. The topological polar surface area (TPSA) is 57.7 Å². The fourth-order valence-electron chi connectivity index (χ4n) is 2.45. The van der Waals surface area contributed by atoms with Crippen LogP contribution >= 0.6 is 11.3 Å². The van der Waals surface area contributed by atoms with Gasteiger partial charge in [-0.2, -0.15) is 0 Å². The smallest absolute Gasteiger partial charge is 0.344 e. The van der Waals surface area contributed by atoms with E-state index < -0.39 is 5.97 Å². The molecule has 5 nitrogen and oxygen atoms in total. The number of esters is 1. The molecule has 7 heteroatoms. The third kappa shape index (κ3) is 5.79. The highest BCUT2D eigenvalue weighted by atomic mass is 32.1. The Morgan fingerprint density at radius 2 is 1.86 bits per heavy atom. The van der Waals surface area contributed by atoms with Crippen molar-refractivity contribution in [1.82, 2.24) is 4.98 Å². The average Bonchev–Trinajstić information content (AvgIpc) is 3.13. The minimum Gasteiger partial charge on any atom is -0.486 e. The molecule has 2 aromatic carbocycles. The van der Waals surface area contributed by atoms with E-state index in [2.05, 4.69) is 4.98 Å². The van der Waals surface area contributed by atoms with Crippen molar-refractivity contribution in [2.45, 2.75) is 27.1 Å². The predicted octanol–water partition coefficient (Wildman–Crippen LogP) is 4.60. The second-order valence-electron chi connectivity index (χ2n) is 6.19. The zero-order valence-corrected chi connectivity index (χ0v) is 16.4. The number of rotatable bonds is 8. The van der Waals surface area contributed by atoms with E-state index in [1.54, 1.807) is 12.1 Å². The molecule has 0 spiro atoms. The fourth-order valence-corrected chi connectivity index (χ4v) is 3.14. The van der Waals surface area contributed by atoms with Crippen LogP contribution in [0.3, 0.4) is 0 Å². The number of ether oxygens (including phenoxy) is 3. The van der Waals surface area contributed by atoms with E-state index in [1.807, 2.05) is 37.4 Å². The summed E-state index contributed by atoms with van der Waals surface area (Å²) in [6, 6.07) is 11.5. The van der Waals surface area contributed by atoms with Crippen molar-refractivity contribution >= 4 is 17.3 Å². The first-order chi connectivity index (χ1) is 13.5. The van der Waals surface area contributed by atoms with Gasteiger partial charge in [-0.15, -0.1) is 11.3 Å². The quantitative estimate of drug-likeness (QED) is 0.516. The molecule has 1 heterocycles. The van der Waals surface area contributed by atoms with Crippen molar-refractivity contribution in [1.29, 1.82) is 0 Å². The Kier molecular flexibility index (Phi) is 6.60. The van der Waals surface area contributed by atoms with Crippen LogP contribution in [0.1, 0.15) is 21.8 Å². The molecule has 0 aliphatic carbocycles. The molecule has 3 aromatic rings. The van der Waals surface area contributed by atoms with Crippen LogP contribution in [0.25, 0.3) is 0 Å². The standard InChI is InChI=1S/C21H20FNO4S/c1-14-3-8-19(15(2)9-14)26-12-21(24)27-10-17-13-28-20(23-17)11-25-18-6-4-16(22)5-7-18/h3-9,13H,10-12H2,1-2H3. The first kappa shape index (κ1) is 19.8. The van der Waals surface area contributed by atoms with Gasteiger partial charge in [0.2, 0.25) is 0 Å². The lowest BCUT2D eigenvalue weighted by molar-refractivity contribution is -0.147. The summed E-state index contributed by atoms with van der Waals surface area (Å²) in [5, 5.41) is 2.55. The number of thiazole rings is 1. The molecule has 0 fully saturated rings. The first-order valence-corrected chi connectivity index (χ1v) is 9.55. The van der Waals surface area contributed by atoms with Crippen molar-refractivity contribution in [3.05, 3.63) is 75.5 Å². The van der Waals surface area contributed by atoms with E-state index in [9.17, 15) is 9.18 Å². The highest BCUT2D eigenvalue weighted by Crippen LogP contribution is 2.19. The number of halogens is 1. The Morgan fingerprint density at radius 3 is 2.61 bits per heavy atom. The Balaban J connectivity index is 1.42. The molecule has 0 radical (unpaired) electrons. The monoisotopic (exact) mass is 401 g/mol. The fraction of sp³-hybridized carbons (Fsp3) is 0.238. The van der Waals surface area contributed by atoms with Crippen molar-refractivity contribution in [3.63, 3.8) is 0 Å². The van der Waals surface area contributed by atoms with Crippen molar-refractivity contribution in [3.8, 4) is 11.5 Å². The molecule has 0 saturated heterocycles. The van der Waals surface area contributed by atoms with Crippen LogP contribution in [0.5, 0.6) is 11.5 Å². The molecule has 1 aromatic heterocycles. The van der Waals surface area contributed by atoms with Gasteiger partial charge in [-0.05, 0) is 49.7 Å². The summed E-state index contributed by atoms with van der Waals surface area (Å²) in [5.74, 6) is 0.453. The van der Waals surface area contributed by atoms with Gasteiger partial charge in [0.15, 0.2) is 6.61 Å². The predicted molar refractivity (Wildman–Crippen MR) is 104 cm³/mol. The zero-order valence-electron chi connectivity index (χ0n) is 15.6. The van der Waals surface area contributed by atoms with Crippen LogP contribution in [0.15, 0.2) is 47.8 Å². The molecule has 0 aliphatic rings. The number of carbonyl (C=O) groups is 1. The van der Waals surface area contributed by atoms with E-state index in [0.717, 1.165) is 16.1 Å². The lowest BCUT2D eigenvalue weighted by Gasteiger charge is -2.09. The lowest BCUT2D eigenvalue weighted by Crippen LogP contribution is -2.15. The van der Waals surface area contributed by atoms with Crippen LogP contribution in [0, 0.1) is 19.7 Å². The summed E-state index contributed by atoms with van der Waals surface area (Å²) in [6.07, 6.45) is 0. The van der Waals surface area contributed by atoms with Gasteiger partial charge in [-0.1, -0.05) is 17.7 Å². The Hall–Kier alpha value is -2.93. The molecule has 3 rings (SSSR count). The van der Waals surface area contributed by atoms with E-state index in [0.29, 0.717) is 17.2 Å². The van der Waals surface area contributed by atoms with Gasteiger partial charge in [0, 0.05) is 5.38 Å². The van der Waals surface area contributed by atoms with Crippen LogP contribution in [0.4, 0.5) is 4.39 Å². The largest absolute Gasteiger partial charge is 0.486 e. The third-order valence-electron chi connectivity index (χ3n) is 3.83. The average molecular weight is 401 g/mol. The molecular formula is C21H20FNO4S. The Morgan fingerprint density at radius 1 is 1.07 bits per heavy atom. The molecule has 146 valence electrons. The molecule has 28 heavy (non-hydrogen) atoms. The molecule has 0 amide bonds. The highest BCUT2D eigenvalue weighted by Gasteiger charge is 2.09. The van der Waals surface area contributed by atoms with E-state index >= 15 is 0 Å². The number of carbonyl (C=O) groups excluding carboxylic acids is 1. The number of aryl methyl sites for hydroxylation is 2. The van der Waals surface area contributed by atoms with Gasteiger partial charge in [-0.25, -0.2) is 14.2 Å². The maximum absolute atomic E-state index is 12.9. The number of hydrogen-bond acceptors (Lipinski definition) is 6. The van der Waals surface area contributed by atoms with Crippen molar-refractivity contribution in [2.75, 3.05) is 6.61 Å². The van der Waals surface area contributed by atoms with Crippen molar-refractivity contribution < 1.29 is 23.4 Å². The van der Waals surface area contributed by atoms with Gasteiger partial charge < -0.3 is 14.2 Å². The number of hydrogen-bond donors (Lipinski definition) is 0. The first-order valence-electron chi connectivity index (χ1n) is 8.67. The van der Waals surface area contributed by atoms with Gasteiger partial charge in [0.05, 0.1) is 5.69 Å². The summed E-state index contributed by atoms with van der Waals surface area (Å²) < 4.78 is 29.1. The van der Waals surface area contributed by atoms with Gasteiger partial charge in [0.25, 0.3) is 0 Å². The molecular weight excluding hydrogens is 381 g/mol. The summed E-state index contributed by atoms with van der Waals surface area (Å²) in [6.45, 7) is 4.10. The summed E-state index contributed by atoms with van der Waals surface area (Å²) >= 11 is 1.40. The number of nitrogens with zero attached hydrogens (tertiary/aromatic N) is 1. The molecule has 0 atom stereocenters. The van der Waals surface area contributed by atoms with E-state index in [1.165, 1.54) is 23.5 Å². The van der Waals surface area contributed by atoms with Crippen LogP contribution in [-0.4, -0.2) is 17.6 Å². The molecule has 0 bridgehead atoms. The van der Waals surface area contributed by atoms with Crippen molar-refractivity contribution in [2.24, 2.45) is 0 Å². The highest BCUT2D eigenvalue weighted by molar-refractivity contribution is 7.09. The lowest BCUT2D eigenvalue weighted by atomic mass is 10.1. The summed E-state index contributed by atoms with van der Waals surface area (Å²) in [7, 11) is 0. The van der Waals surface area contributed by atoms with E-state index in [-0.39, 0.29) is 25.6 Å². The van der Waals surface area contributed by atoms with Gasteiger partial charge in [0.1, 0.15) is 35.5 Å². The Bertz CT molecular complexity index is 940. The van der Waals surface area contributed by atoms with Crippen LogP contribution in [-0.2, 0) is 22.7 Å². The minimum absolute atomic E-state index is 0.0715. The maximum Gasteiger partial charge on any atom is 0.344 e. The summed E-state index contributed by atoms with van der Waals surface area (Å²) in [5.41, 5.74) is 2.75. The normalized spacial score (nSPS) is 10.5.